The number of benzene rings is 1. The highest BCUT2D eigenvalue weighted by Crippen LogP contribution is 2.14. The lowest BCUT2D eigenvalue weighted by molar-refractivity contribution is -0.0822. The molecule has 0 radical (unpaired) electrons. The summed E-state index contributed by atoms with van der Waals surface area (Å²) in [6, 6.07) is 5.40. The van der Waals surface area contributed by atoms with Crippen LogP contribution in [0.3, 0.4) is 0 Å². The maximum atomic E-state index is 13.0. The second kappa shape index (κ2) is 5.99. The topological polar surface area (TPSA) is 61.8 Å². The van der Waals surface area contributed by atoms with Gasteiger partial charge in [-0.25, -0.2) is 9.18 Å². The minimum Gasteiger partial charge on any atom is -0.394 e. The molecule has 2 amide bonds. The van der Waals surface area contributed by atoms with E-state index in [-0.39, 0.29) is 24.8 Å². The molecule has 2 unspecified atom stereocenters. The van der Waals surface area contributed by atoms with E-state index in [0.29, 0.717) is 18.8 Å². The van der Waals surface area contributed by atoms with Crippen molar-refractivity contribution in [2.24, 2.45) is 0 Å². The maximum absolute atomic E-state index is 13.0. The van der Waals surface area contributed by atoms with Gasteiger partial charge in [0.15, 0.2) is 0 Å². The summed E-state index contributed by atoms with van der Waals surface area (Å²) in [5.41, 5.74) is 0.407. The van der Waals surface area contributed by atoms with Gasteiger partial charge in [-0.1, -0.05) is 6.07 Å². The molecule has 1 saturated heterocycles. The molecule has 5 nitrogen and oxygen atoms in total. The van der Waals surface area contributed by atoms with Crippen LogP contribution in [0.25, 0.3) is 0 Å². The molecule has 0 aromatic heterocycles. The predicted molar refractivity (Wildman–Crippen MR) is 68.4 cm³/mol. The Balaban J connectivity index is 1.99. The number of nitrogens with zero attached hydrogens (tertiary/aromatic N) is 1. The number of halogens is 1. The van der Waals surface area contributed by atoms with Crippen LogP contribution in [0.5, 0.6) is 0 Å². The van der Waals surface area contributed by atoms with Crippen LogP contribution in [0.4, 0.5) is 14.9 Å². The zero-order chi connectivity index (χ0) is 13.8. The molecule has 0 bridgehead atoms. The molecular formula is C13H17FN2O3. The number of aliphatic hydroxyl groups excluding tert-OH is 1. The molecule has 2 N–H and O–H groups in total. The first-order valence-corrected chi connectivity index (χ1v) is 6.16. The fourth-order valence-electron chi connectivity index (χ4n) is 2.08. The number of amides is 2. The quantitative estimate of drug-likeness (QED) is 0.853. The number of carbonyl (C=O) groups excluding carboxylic acids is 1. The summed E-state index contributed by atoms with van der Waals surface area (Å²) in [6.45, 7) is 2.47. The van der Waals surface area contributed by atoms with Gasteiger partial charge in [-0.2, -0.15) is 0 Å². The highest BCUT2D eigenvalue weighted by molar-refractivity contribution is 5.89. The second-order valence-electron chi connectivity index (χ2n) is 4.60. The van der Waals surface area contributed by atoms with Crippen molar-refractivity contribution in [2.75, 3.05) is 25.0 Å². The van der Waals surface area contributed by atoms with Crippen molar-refractivity contribution >= 4 is 11.7 Å². The number of rotatable bonds is 2. The van der Waals surface area contributed by atoms with Gasteiger partial charge >= 0.3 is 6.03 Å². The van der Waals surface area contributed by atoms with Crippen molar-refractivity contribution in [1.29, 1.82) is 0 Å². The van der Waals surface area contributed by atoms with Crippen molar-refractivity contribution in [1.82, 2.24) is 4.90 Å². The van der Waals surface area contributed by atoms with E-state index in [0.717, 1.165) is 0 Å². The highest BCUT2D eigenvalue weighted by Gasteiger charge is 2.27. The lowest BCUT2D eigenvalue weighted by Crippen LogP contribution is -2.51. The Morgan fingerprint density at radius 2 is 2.37 bits per heavy atom. The zero-order valence-electron chi connectivity index (χ0n) is 10.7. The van der Waals surface area contributed by atoms with Crippen molar-refractivity contribution in [3.05, 3.63) is 30.1 Å². The first kappa shape index (κ1) is 13.8. The maximum Gasteiger partial charge on any atom is 0.322 e. The van der Waals surface area contributed by atoms with E-state index in [1.807, 2.05) is 6.92 Å². The van der Waals surface area contributed by atoms with Gasteiger partial charge in [0.05, 0.1) is 25.4 Å². The van der Waals surface area contributed by atoms with Gasteiger partial charge in [-0.05, 0) is 25.1 Å². The Morgan fingerprint density at radius 1 is 1.58 bits per heavy atom. The van der Waals surface area contributed by atoms with Gasteiger partial charge < -0.3 is 20.1 Å². The van der Waals surface area contributed by atoms with Gasteiger partial charge in [0.25, 0.3) is 0 Å². The molecule has 1 aliphatic heterocycles. The lowest BCUT2D eigenvalue weighted by atomic mass is 10.2. The SMILES string of the molecule is CC1CN(C(=O)Nc2cccc(F)c2)CC(CO)O1. The monoisotopic (exact) mass is 268 g/mol. The Hall–Kier alpha value is -1.66. The standard InChI is InChI=1S/C13H17FN2O3/c1-9-6-16(7-12(8-17)19-9)13(18)15-11-4-2-3-10(14)5-11/h2-5,9,12,17H,6-8H2,1H3,(H,15,18). The lowest BCUT2D eigenvalue weighted by Gasteiger charge is -2.35. The largest absolute Gasteiger partial charge is 0.394 e. The molecule has 19 heavy (non-hydrogen) atoms. The Bertz CT molecular complexity index is 455. The molecule has 2 rings (SSSR count). The first-order chi connectivity index (χ1) is 9.08. The number of ether oxygens (including phenoxy) is 1. The van der Waals surface area contributed by atoms with E-state index in [1.165, 1.54) is 18.2 Å². The van der Waals surface area contributed by atoms with Crippen molar-refractivity contribution < 1.29 is 19.0 Å². The van der Waals surface area contributed by atoms with E-state index in [2.05, 4.69) is 5.32 Å². The molecule has 1 heterocycles. The van der Waals surface area contributed by atoms with Crippen LogP contribution in [-0.4, -0.2) is 47.9 Å². The molecule has 1 aromatic rings. The van der Waals surface area contributed by atoms with Gasteiger partial charge in [-0.3, -0.25) is 0 Å². The average molecular weight is 268 g/mol. The normalized spacial score (nSPS) is 23.2. The molecule has 104 valence electrons. The summed E-state index contributed by atoms with van der Waals surface area (Å²) in [4.78, 5) is 13.6. The second-order valence-corrected chi connectivity index (χ2v) is 4.60. The van der Waals surface area contributed by atoms with Crippen LogP contribution >= 0.6 is 0 Å². The summed E-state index contributed by atoms with van der Waals surface area (Å²) >= 11 is 0. The van der Waals surface area contributed by atoms with Crippen LogP contribution in [0.1, 0.15) is 6.92 Å². The van der Waals surface area contributed by atoms with Crippen molar-refractivity contribution in [2.45, 2.75) is 19.1 Å². The Morgan fingerprint density at radius 3 is 3.05 bits per heavy atom. The number of aliphatic hydroxyl groups is 1. The summed E-state index contributed by atoms with van der Waals surface area (Å²) in [5.74, 6) is -0.401. The van der Waals surface area contributed by atoms with E-state index < -0.39 is 5.82 Å². The predicted octanol–water partition coefficient (Wildman–Crippen LogP) is 1.44. The van der Waals surface area contributed by atoms with E-state index >= 15 is 0 Å². The van der Waals surface area contributed by atoms with Crippen LogP contribution in [0.15, 0.2) is 24.3 Å². The third kappa shape index (κ3) is 3.65. The third-order valence-electron chi connectivity index (χ3n) is 2.89. The molecule has 0 aliphatic carbocycles. The van der Waals surface area contributed by atoms with Crippen molar-refractivity contribution in [3.63, 3.8) is 0 Å². The zero-order valence-corrected chi connectivity index (χ0v) is 10.7. The number of anilines is 1. The van der Waals surface area contributed by atoms with Crippen LogP contribution in [-0.2, 0) is 4.74 Å². The molecule has 0 saturated carbocycles. The molecule has 1 aromatic carbocycles. The number of hydrogen-bond donors (Lipinski definition) is 2. The van der Waals surface area contributed by atoms with E-state index in [9.17, 15) is 9.18 Å². The summed E-state index contributed by atoms with van der Waals surface area (Å²) < 4.78 is 18.5. The number of morpholine rings is 1. The summed E-state index contributed by atoms with van der Waals surface area (Å²) in [7, 11) is 0. The van der Waals surface area contributed by atoms with Gasteiger partial charge in [0, 0.05) is 12.2 Å². The highest BCUT2D eigenvalue weighted by atomic mass is 19.1. The van der Waals surface area contributed by atoms with Crippen LogP contribution in [0, 0.1) is 5.82 Å². The van der Waals surface area contributed by atoms with E-state index in [4.69, 9.17) is 9.84 Å². The number of carbonyl (C=O) groups is 1. The van der Waals surface area contributed by atoms with E-state index in [1.54, 1.807) is 11.0 Å². The number of hydrogen-bond acceptors (Lipinski definition) is 3. The average Bonchev–Trinajstić information content (AvgIpc) is 2.38. The van der Waals surface area contributed by atoms with Crippen LogP contribution in [0.2, 0.25) is 0 Å². The summed E-state index contributed by atoms with van der Waals surface area (Å²) in [5, 5.41) is 11.7. The Labute approximate surface area is 111 Å². The molecular weight excluding hydrogens is 251 g/mol. The fourth-order valence-corrected chi connectivity index (χ4v) is 2.08. The number of nitrogens with one attached hydrogen (secondary N) is 1. The minimum absolute atomic E-state index is 0.131. The molecule has 6 heteroatoms. The van der Waals surface area contributed by atoms with Gasteiger partial charge in [-0.15, -0.1) is 0 Å². The fraction of sp³-hybridized carbons (Fsp3) is 0.462. The summed E-state index contributed by atoms with van der Waals surface area (Å²) in [6.07, 6.45) is -0.508. The molecule has 2 atom stereocenters. The third-order valence-corrected chi connectivity index (χ3v) is 2.89. The Kier molecular flexibility index (Phi) is 4.34. The van der Waals surface area contributed by atoms with Crippen molar-refractivity contribution in [3.8, 4) is 0 Å². The first-order valence-electron chi connectivity index (χ1n) is 6.16. The number of urea groups is 1. The smallest absolute Gasteiger partial charge is 0.322 e. The molecule has 1 fully saturated rings. The van der Waals surface area contributed by atoms with Gasteiger partial charge in [0.2, 0.25) is 0 Å². The van der Waals surface area contributed by atoms with Crippen LogP contribution < -0.4 is 5.32 Å². The molecule has 0 spiro atoms. The van der Waals surface area contributed by atoms with Gasteiger partial charge in [0.1, 0.15) is 5.82 Å². The minimum atomic E-state index is -0.401. The molecule has 1 aliphatic rings.